The van der Waals surface area contributed by atoms with Crippen LogP contribution in [0.5, 0.6) is 0 Å². The van der Waals surface area contributed by atoms with Gasteiger partial charge in [-0.25, -0.2) is 9.37 Å². The van der Waals surface area contributed by atoms with Gasteiger partial charge in [0.05, 0.1) is 11.7 Å². The van der Waals surface area contributed by atoms with E-state index in [0.29, 0.717) is 19.0 Å². The van der Waals surface area contributed by atoms with Crippen LogP contribution < -0.4 is 10.9 Å². The number of benzene rings is 1. The zero-order valence-electron chi connectivity index (χ0n) is 15.1. The van der Waals surface area contributed by atoms with E-state index in [9.17, 15) is 9.18 Å². The second-order valence-electron chi connectivity index (χ2n) is 6.94. The SMILES string of the molecule is C=CCNC1CCc2c(sc3ncn(CCc4ccc(F)cc4)c(=O)c23)C1. The van der Waals surface area contributed by atoms with Crippen LogP contribution in [-0.4, -0.2) is 22.1 Å². The molecule has 0 saturated heterocycles. The summed E-state index contributed by atoms with van der Waals surface area (Å²) >= 11 is 1.64. The van der Waals surface area contributed by atoms with Gasteiger partial charge in [-0.05, 0) is 48.9 Å². The number of thiophene rings is 1. The van der Waals surface area contributed by atoms with E-state index in [4.69, 9.17) is 0 Å². The summed E-state index contributed by atoms with van der Waals surface area (Å²) in [5, 5.41) is 4.27. The summed E-state index contributed by atoms with van der Waals surface area (Å²) in [6.07, 6.45) is 7.07. The summed E-state index contributed by atoms with van der Waals surface area (Å²) in [7, 11) is 0. The highest BCUT2D eigenvalue weighted by Crippen LogP contribution is 2.33. The largest absolute Gasteiger partial charge is 0.310 e. The van der Waals surface area contributed by atoms with Crippen LogP contribution in [0.15, 0.2) is 48.0 Å². The Hall–Kier alpha value is -2.31. The normalized spacial score (nSPS) is 16.4. The van der Waals surface area contributed by atoms with Gasteiger partial charge < -0.3 is 5.32 Å². The van der Waals surface area contributed by atoms with E-state index in [1.165, 1.54) is 22.6 Å². The quantitative estimate of drug-likeness (QED) is 0.663. The van der Waals surface area contributed by atoms with Crippen molar-refractivity contribution in [3.63, 3.8) is 0 Å². The van der Waals surface area contributed by atoms with Gasteiger partial charge in [0.15, 0.2) is 0 Å². The fourth-order valence-electron chi connectivity index (χ4n) is 3.69. The van der Waals surface area contributed by atoms with Crippen molar-refractivity contribution in [3.05, 3.63) is 75.4 Å². The molecule has 0 spiro atoms. The Morgan fingerprint density at radius 2 is 2.19 bits per heavy atom. The lowest BCUT2D eigenvalue weighted by Crippen LogP contribution is -2.34. The van der Waals surface area contributed by atoms with Crippen molar-refractivity contribution < 1.29 is 4.39 Å². The maximum atomic E-state index is 13.0. The monoisotopic (exact) mass is 383 g/mol. The van der Waals surface area contributed by atoms with Crippen LogP contribution in [0, 0.1) is 5.82 Å². The summed E-state index contributed by atoms with van der Waals surface area (Å²) in [6, 6.07) is 6.85. The van der Waals surface area contributed by atoms with E-state index in [1.54, 1.807) is 34.4 Å². The van der Waals surface area contributed by atoms with Crippen molar-refractivity contribution in [1.29, 1.82) is 0 Å². The van der Waals surface area contributed by atoms with Gasteiger partial charge in [-0.1, -0.05) is 18.2 Å². The van der Waals surface area contributed by atoms with Crippen molar-refractivity contribution in [2.75, 3.05) is 6.54 Å². The number of halogens is 1. The van der Waals surface area contributed by atoms with Gasteiger partial charge in [-0.15, -0.1) is 17.9 Å². The Morgan fingerprint density at radius 1 is 1.37 bits per heavy atom. The molecule has 1 N–H and O–H groups in total. The van der Waals surface area contributed by atoms with Gasteiger partial charge in [-0.3, -0.25) is 9.36 Å². The molecule has 1 aromatic carbocycles. The molecule has 140 valence electrons. The molecule has 0 fully saturated rings. The lowest BCUT2D eigenvalue weighted by atomic mass is 9.93. The molecule has 1 aliphatic carbocycles. The number of hydrogen-bond donors (Lipinski definition) is 1. The Labute approximate surface area is 161 Å². The molecular weight excluding hydrogens is 361 g/mol. The highest BCUT2D eigenvalue weighted by molar-refractivity contribution is 7.18. The summed E-state index contributed by atoms with van der Waals surface area (Å²) < 4.78 is 14.7. The number of nitrogens with one attached hydrogen (secondary N) is 1. The molecule has 2 aromatic heterocycles. The standard InChI is InChI=1S/C21H22FN3OS/c1-2-10-23-16-7-8-17-18(12-16)27-20-19(17)21(26)25(13-24-20)11-9-14-3-5-15(22)6-4-14/h2-6,13,16,23H,1,7-12H2. The molecule has 0 radical (unpaired) electrons. The number of nitrogens with zero attached hydrogens (tertiary/aromatic N) is 2. The van der Waals surface area contributed by atoms with E-state index >= 15 is 0 Å². The average molecular weight is 383 g/mol. The molecule has 1 atom stereocenters. The van der Waals surface area contributed by atoms with E-state index in [2.05, 4.69) is 16.9 Å². The van der Waals surface area contributed by atoms with Gasteiger partial charge in [0, 0.05) is 24.0 Å². The zero-order valence-corrected chi connectivity index (χ0v) is 15.9. The molecule has 0 saturated carbocycles. The Balaban J connectivity index is 1.58. The van der Waals surface area contributed by atoms with Crippen LogP contribution in [0.2, 0.25) is 0 Å². The van der Waals surface area contributed by atoms with Crippen molar-refractivity contribution in [2.45, 2.75) is 38.3 Å². The maximum Gasteiger partial charge on any atom is 0.262 e. The number of aromatic nitrogens is 2. The predicted molar refractivity (Wildman–Crippen MR) is 108 cm³/mol. The van der Waals surface area contributed by atoms with E-state index in [0.717, 1.165) is 41.6 Å². The molecule has 4 rings (SSSR count). The molecule has 0 bridgehead atoms. The summed E-state index contributed by atoms with van der Waals surface area (Å²) in [4.78, 5) is 19.7. The van der Waals surface area contributed by atoms with Gasteiger partial charge in [-0.2, -0.15) is 0 Å². The number of rotatable bonds is 6. The highest BCUT2D eigenvalue weighted by Gasteiger charge is 2.24. The van der Waals surface area contributed by atoms with Gasteiger partial charge >= 0.3 is 0 Å². The van der Waals surface area contributed by atoms with Crippen molar-refractivity contribution in [3.8, 4) is 0 Å². The smallest absolute Gasteiger partial charge is 0.262 e. The van der Waals surface area contributed by atoms with E-state index in [1.807, 2.05) is 6.08 Å². The van der Waals surface area contributed by atoms with Crippen LogP contribution in [-0.2, 0) is 25.8 Å². The molecule has 3 aromatic rings. The third kappa shape index (κ3) is 3.73. The van der Waals surface area contributed by atoms with Crippen LogP contribution in [0.3, 0.4) is 0 Å². The summed E-state index contributed by atoms with van der Waals surface area (Å²) in [5.74, 6) is -0.246. The lowest BCUT2D eigenvalue weighted by Gasteiger charge is -2.22. The van der Waals surface area contributed by atoms with Crippen LogP contribution in [0.25, 0.3) is 10.2 Å². The van der Waals surface area contributed by atoms with Crippen molar-refractivity contribution in [2.24, 2.45) is 0 Å². The first kappa shape index (κ1) is 18.1. The maximum absolute atomic E-state index is 13.0. The lowest BCUT2D eigenvalue weighted by molar-refractivity contribution is 0.485. The molecule has 2 heterocycles. The first-order chi connectivity index (χ1) is 13.2. The second kappa shape index (κ2) is 7.74. The minimum Gasteiger partial charge on any atom is -0.310 e. The van der Waals surface area contributed by atoms with Crippen LogP contribution in [0.4, 0.5) is 4.39 Å². The molecule has 6 heteroatoms. The van der Waals surface area contributed by atoms with Gasteiger partial charge in [0.2, 0.25) is 0 Å². The first-order valence-electron chi connectivity index (χ1n) is 9.24. The minimum atomic E-state index is -0.246. The number of fused-ring (bicyclic) bond motifs is 3. The van der Waals surface area contributed by atoms with Crippen LogP contribution >= 0.6 is 11.3 Å². The van der Waals surface area contributed by atoms with Crippen molar-refractivity contribution in [1.82, 2.24) is 14.9 Å². The summed E-state index contributed by atoms with van der Waals surface area (Å²) in [5.41, 5.74) is 2.23. The fraction of sp³-hybridized carbons (Fsp3) is 0.333. The third-order valence-corrected chi connectivity index (χ3v) is 6.30. The Morgan fingerprint density at radius 3 is 2.96 bits per heavy atom. The molecule has 4 nitrogen and oxygen atoms in total. The molecule has 27 heavy (non-hydrogen) atoms. The summed E-state index contributed by atoms with van der Waals surface area (Å²) in [6.45, 7) is 5.10. The highest BCUT2D eigenvalue weighted by atomic mass is 32.1. The van der Waals surface area contributed by atoms with Gasteiger partial charge in [0.1, 0.15) is 10.6 Å². The molecular formula is C21H22FN3OS. The zero-order chi connectivity index (χ0) is 18.8. The number of aryl methyl sites for hydroxylation is 3. The number of hydrogen-bond acceptors (Lipinski definition) is 4. The minimum absolute atomic E-state index is 0.0390. The molecule has 0 amide bonds. The first-order valence-corrected chi connectivity index (χ1v) is 10.1. The molecule has 1 aliphatic rings. The van der Waals surface area contributed by atoms with Crippen molar-refractivity contribution >= 4 is 21.6 Å². The van der Waals surface area contributed by atoms with Crippen LogP contribution in [0.1, 0.15) is 22.4 Å². The Bertz CT molecular complexity index is 1020. The second-order valence-corrected chi connectivity index (χ2v) is 8.02. The van der Waals surface area contributed by atoms with E-state index < -0.39 is 0 Å². The van der Waals surface area contributed by atoms with Gasteiger partial charge in [0.25, 0.3) is 5.56 Å². The molecule has 1 unspecified atom stereocenters. The fourth-order valence-corrected chi connectivity index (χ4v) is 4.94. The average Bonchev–Trinajstić information content (AvgIpc) is 3.05. The topological polar surface area (TPSA) is 46.9 Å². The van der Waals surface area contributed by atoms with E-state index in [-0.39, 0.29) is 11.4 Å². The Kier molecular flexibility index (Phi) is 5.18. The molecule has 0 aliphatic heterocycles. The third-order valence-electron chi connectivity index (χ3n) is 5.14. The predicted octanol–water partition coefficient (Wildman–Crippen LogP) is 3.47.